The number of fused-ring (bicyclic) bond motifs is 1. The van der Waals surface area contributed by atoms with Crippen LogP contribution in [0, 0.1) is 15.9 Å². The van der Waals surface area contributed by atoms with Crippen LogP contribution >= 0.6 is 0 Å². The summed E-state index contributed by atoms with van der Waals surface area (Å²) < 4.78 is 27.6. The quantitative estimate of drug-likeness (QED) is 0.101. The Balaban J connectivity index is 1.30. The predicted octanol–water partition coefficient (Wildman–Crippen LogP) is 4.09. The molecule has 3 heterocycles. The van der Waals surface area contributed by atoms with E-state index in [4.69, 9.17) is 15.2 Å². The summed E-state index contributed by atoms with van der Waals surface area (Å²) in [7, 11) is 0. The minimum absolute atomic E-state index is 0.0721. The van der Waals surface area contributed by atoms with Crippen molar-refractivity contribution in [2.75, 3.05) is 13.2 Å². The number of nitrogens with one attached hydrogen (secondary N) is 2. The van der Waals surface area contributed by atoms with Crippen LogP contribution < -0.4 is 25.8 Å². The average Bonchev–Trinajstić information content (AvgIpc) is 3.47. The molecule has 4 aromatic rings. The largest absolute Gasteiger partial charge is 0.475 e. The van der Waals surface area contributed by atoms with E-state index < -0.39 is 28.8 Å². The number of nitrogens with two attached hydrogens (primary N) is 1. The van der Waals surface area contributed by atoms with Crippen LogP contribution in [0.3, 0.4) is 0 Å². The Bertz CT molecular complexity index is 1610. The summed E-state index contributed by atoms with van der Waals surface area (Å²) in [5.41, 5.74) is 7.11. The molecule has 2 atom stereocenters. The molecule has 0 radical (unpaired) electrons. The molecule has 2 unspecified atom stereocenters. The van der Waals surface area contributed by atoms with Gasteiger partial charge in [-0.3, -0.25) is 19.9 Å². The van der Waals surface area contributed by atoms with Crippen LogP contribution in [-0.4, -0.2) is 55.5 Å². The van der Waals surface area contributed by atoms with Gasteiger partial charge < -0.3 is 30.2 Å². The molecule has 0 aliphatic carbocycles. The first-order valence-corrected chi connectivity index (χ1v) is 14.0. The average molecular weight is 609 g/mol. The van der Waals surface area contributed by atoms with Crippen molar-refractivity contribution in [1.29, 1.82) is 0 Å². The molecular weight excluding hydrogens is 575 g/mol. The van der Waals surface area contributed by atoms with Crippen molar-refractivity contribution in [3.63, 3.8) is 0 Å². The number of aromatic nitrogens is 4. The molecule has 0 aliphatic rings. The first-order valence-electron chi connectivity index (χ1n) is 14.0. The van der Waals surface area contributed by atoms with Crippen LogP contribution in [-0.2, 0) is 4.79 Å². The molecular formula is C29H33FN8O6. The lowest BCUT2D eigenvalue weighted by molar-refractivity contribution is -0.384. The molecule has 3 aromatic heterocycles. The number of amides is 2. The number of hydrogen-bond donors (Lipinski definition) is 3. The number of unbranched alkanes of at least 4 members (excludes halogenated alkanes) is 2. The Morgan fingerprint density at radius 1 is 1.18 bits per heavy atom. The standard InChI is InChI=1S/C29H33FN8O6/c1-3-32-18(2)24-15-21(22(30)16-34-24)25-17-37-13-12-33-27(37)28(35-25)43-14-6-4-5-7-23(26(31)39)36-29(40)44-20-10-8-19(9-11-20)38(41)42/h8-13,15-18,23,32H,3-7,14H2,1-2H3,(H2,31,39)(H,36,40). The number of nitro groups is 1. The Hall–Kier alpha value is -5.18. The first-order chi connectivity index (χ1) is 21.2. The van der Waals surface area contributed by atoms with E-state index in [-0.39, 0.29) is 41.9 Å². The van der Waals surface area contributed by atoms with Gasteiger partial charge >= 0.3 is 6.09 Å². The van der Waals surface area contributed by atoms with E-state index in [1.54, 1.807) is 29.1 Å². The molecule has 1 aromatic carbocycles. The number of carbonyl (C=O) groups excluding carboxylic acids is 2. The summed E-state index contributed by atoms with van der Waals surface area (Å²) in [6.07, 6.45) is 7.30. The summed E-state index contributed by atoms with van der Waals surface area (Å²) in [6, 6.07) is 5.56. The van der Waals surface area contributed by atoms with Crippen molar-refractivity contribution in [2.24, 2.45) is 5.73 Å². The van der Waals surface area contributed by atoms with Gasteiger partial charge in [0.2, 0.25) is 11.6 Å². The Morgan fingerprint density at radius 2 is 1.95 bits per heavy atom. The second-order valence-electron chi connectivity index (χ2n) is 9.90. The third-order valence-corrected chi connectivity index (χ3v) is 6.72. The van der Waals surface area contributed by atoms with Crippen LogP contribution in [0.5, 0.6) is 11.6 Å². The molecule has 4 rings (SSSR count). The van der Waals surface area contributed by atoms with Crippen LogP contribution in [0.2, 0.25) is 0 Å². The van der Waals surface area contributed by atoms with Crippen LogP contribution in [0.4, 0.5) is 14.9 Å². The fraction of sp³-hybridized carbons (Fsp3) is 0.345. The molecule has 0 spiro atoms. The van der Waals surface area contributed by atoms with Crippen molar-refractivity contribution in [3.05, 3.63) is 76.7 Å². The van der Waals surface area contributed by atoms with Gasteiger partial charge in [-0.2, -0.15) is 0 Å². The molecule has 0 saturated carbocycles. The van der Waals surface area contributed by atoms with Crippen LogP contribution in [0.25, 0.3) is 16.9 Å². The Labute approximate surface area is 252 Å². The zero-order valence-electron chi connectivity index (χ0n) is 24.2. The normalized spacial score (nSPS) is 12.4. The molecule has 0 aliphatic heterocycles. The van der Waals surface area contributed by atoms with Gasteiger partial charge in [-0.1, -0.05) is 13.3 Å². The molecule has 0 saturated heterocycles. The minimum Gasteiger partial charge on any atom is -0.475 e. The number of ether oxygens (including phenoxy) is 2. The number of primary amides is 1. The summed E-state index contributed by atoms with van der Waals surface area (Å²) in [5.74, 6) is -0.913. The number of carbonyl (C=O) groups is 2. The lowest BCUT2D eigenvalue weighted by Gasteiger charge is -2.15. The second-order valence-corrected chi connectivity index (χ2v) is 9.90. The summed E-state index contributed by atoms with van der Waals surface area (Å²) in [6.45, 7) is 4.94. The van der Waals surface area contributed by atoms with Gasteiger partial charge in [-0.15, -0.1) is 0 Å². The number of benzene rings is 1. The van der Waals surface area contributed by atoms with E-state index in [0.29, 0.717) is 36.3 Å². The van der Waals surface area contributed by atoms with Crippen molar-refractivity contribution >= 4 is 23.3 Å². The van der Waals surface area contributed by atoms with E-state index in [0.717, 1.165) is 6.54 Å². The van der Waals surface area contributed by atoms with Crippen molar-refractivity contribution < 1.29 is 28.4 Å². The Morgan fingerprint density at radius 3 is 2.66 bits per heavy atom. The number of rotatable bonds is 15. The lowest BCUT2D eigenvalue weighted by Crippen LogP contribution is -2.45. The van der Waals surface area contributed by atoms with Gasteiger partial charge in [-0.05, 0) is 50.9 Å². The highest BCUT2D eigenvalue weighted by Gasteiger charge is 2.20. The van der Waals surface area contributed by atoms with Crippen LogP contribution in [0.1, 0.15) is 51.3 Å². The summed E-state index contributed by atoms with van der Waals surface area (Å²) in [5, 5.41) is 16.4. The molecule has 14 nitrogen and oxygen atoms in total. The number of imidazole rings is 1. The molecule has 232 valence electrons. The molecule has 44 heavy (non-hydrogen) atoms. The number of nitro benzene ring substituents is 1. The number of halogens is 1. The van der Waals surface area contributed by atoms with Gasteiger partial charge in [0.1, 0.15) is 11.8 Å². The van der Waals surface area contributed by atoms with E-state index in [2.05, 4.69) is 25.6 Å². The lowest BCUT2D eigenvalue weighted by atomic mass is 10.1. The smallest absolute Gasteiger partial charge is 0.413 e. The van der Waals surface area contributed by atoms with E-state index in [1.165, 1.54) is 30.5 Å². The number of non-ortho nitro benzene ring substituents is 1. The highest BCUT2D eigenvalue weighted by Crippen LogP contribution is 2.27. The summed E-state index contributed by atoms with van der Waals surface area (Å²) in [4.78, 5) is 47.3. The highest BCUT2D eigenvalue weighted by molar-refractivity contribution is 5.84. The SMILES string of the molecule is CCNC(C)c1cc(-c2cn3ccnc3c(OCCCCCC(NC(=O)Oc3ccc([N+](=O)[O-])cc3)C(N)=O)n2)c(F)cn1. The third-order valence-electron chi connectivity index (χ3n) is 6.72. The van der Waals surface area contributed by atoms with E-state index in [9.17, 15) is 24.1 Å². The highest BCUT2D eigenvalue weighted by atomic mass is 19.1. The van der Waals surface area contributed by atoms with Gasteiger partial charge in [0, 0.05) is 42.3 Å². The predicted molar refractivity (Wildman–Crippen MR) is 157 cm³/mol. The Kier molecular flexibility index (Phi) is 10.7. The number of hydrogen-bond acceptors (Lipinski definition) is 10. The van der Waals surface area contributed by atoms with Crippen molar-refractivity contribution in [2.45, 2.75) is 51.6 Å². The first kappa shape index (κ1) is 31.7. The van der Waals surface area contributed by atoms with E-state index >= 15 is 0 Å². The topological polar surface area (TPSA) is 189 Å². The maximum Gasteiger partial charge on any atom is 0.413 e. The number of nitrogens with zero attached hydrogens (tertiary/aromatic N) is 5. The molecule has 4 N–H and O–H groups in total. The monoisotopic (exact) mass is 608 g/mol. The second kappa shape index (κ2) is 14.8. The maximum atomic E-state index is 14.8. The zero-order valence-corrected chi connectivity index (χ0v) is 24.2. The van der Waals surface area contributed by atoms with Gasteiger partial charge in [-0.25, -0.2) is 19.2 Å². The molecule has 0 bridgehead atoms. The molecule has 2 amide bonds. The molecule has 15 heteroatoms. The fourth-order valence-electron chi connectivity index (χ4n) is 4.42. The minimum atomic E-state index is -0.972. The van der Waals surface area contributed by atoms with Crippen molar-refractivity contribution in [1.82, 2.24) is 30.0 Å². The summed E-state index contributed by atoms with van der Waals surface area (Å²) >= 11 is 0. The fourth-order valence-corrected chi connectivity index (χ4v) is 4.42. The zero-order chi connectivity index (χ0) is 31.6. The number of pyridine rings is 1. The van der Waals surface area contributed by atoms with E-state index in [1.807, 2.05) is 13.8 Å². The van der Waals surface area contributed by atoms with Gasteiger partial charge in [0.25, 0.3) is 11.6 Å². The van der Waals surface area contributed by atoms with Crippen LogP contribution in [0.15, 0.2) is 55.1 Å². The maximum absolute atomic E-state index is 14.8. The molecule has 0 fully saturated rings. The third kappa shape index (κ3) is 8.22. The van der Waals surface area contributed by atoms with Crippen molar-refractivity contribution in [3.8, 4) is 22.9 Å². The van der Waals surface area contributed by atoms with Gasteiger partial charge in [0.15, 0.2) is 5.82 Å². The van der Waals surface area contributed by atoms with Gasteiger partial charge in [0.05, 0.1) is 29.1 Å².